The van der Waals surface area contributed by atoms with E-state index < -0.39 is 11.7 Å². The maximum absolute atomic E-state index is 14.8. The number of hydrogen-bond acceptors (Lipinski definition) is 6. The van der Waals surface area contributed by atoms with Crippen LogP contribution in [0, 0.1) is 12.7 Å². The van der Waals surface area contributed by atoms with E-state index in [9.17, 15) is 14.0 Å². The van der Waals surface area contributed by atoms with Gasteiger partial charge in [-0.05, 0) is 43.4 Å². The molecule has 1 aromatic carbocycles. The van der Waals surface area contributed by atoms with E-state index in [1.807, 2.05) is 0 Å². The van der Waals surface area contributed by atoms with Gasteiger partial charge in [-0.25, -0.2) is 9.07 Å². The first-order chi connectivity index (χ1) is 13.3. The van der Waals surface area contributed by atoms with Gasteiger partial charge in [0.2, 0.25) is 5.13 Å². The van der Waals surface area contributed by atoms with E-state index in [-0.39, 0.29) is 37.5 Å². The minimum Gasteiger partial charge on any atom is -0.496 e. The van der Waals surface area contributed by atoms with Gasteiger partial charge in [-0.15, -0.1) is 5.10 Å². The summed E-state index contributed by atoms with van der Waals surface area (Å²) in [6.07, 6.45) is 1.33. The van der Waals surface area contributed by atoms with Crippen LogP contribution in [-0.2, 0) is 6.54 Å². The van der Waals surface area contributed by atoms with Crippen molar-refractivity contribution in [2.24, 2.45) is 0 Å². The highest BCUT2D eigenvalue weighted by Crippen LogP contribution is 2.38. The summed E-state index contributed by atoms with van der Waals surface area (Å²) in [6.45, 7) is 3.87. The van der Waals surface area contributed by atoms with Gasteiger partial charge in [0.25, 0.3) is 5.91 Å². The van der Waals surface area contributed by atoms with E-state index in [2.05, 4.69) is 15.4 Å². The zero-order chi connectivity index (χ0) is 20.4. The van der Waals surface area contributed by atoms with Crippen LogP contribution >= 0.6 is 22.9 Å². The molecule has 0 aliphatic carbocycles. The average Bonchev–Trinajstić information content (AvgIpc) is 3.02. The van der Waals surface area contributed by atoms with Gasteiger partial charge in [0.1, 0.15) is 5.75 Å². The van der Waals surface area contributed by atoms with Crippen LogP contribution in [0.1, 0.15) is 23.0 Å². The largest absolute Gasteiger partial charge is 0.496 e. The summed E-state index contributed by atoms with van der Waals surface area (Å²) in [4.78, 5) is 28.4. The van der Waals surface area contributed by atoms with E-state index in [4.69, 9.17) is 16.3 Å². The van der Waals surface area contributed by atoms with Crippen molar-refractivity contribution in [3.63, 3.8) is 0 Å². The molecule has 0 aliphatic rings. The van der Waals surface area contributed by atoms with E-state index in [0.717, 1.165) is 11.3 Å². The Morgan fingerprint density at radius 1 is 1.43 bits per heavy atom. The molecule has 2 heterocycles. The molecule has 0 fully saturated rings. The van der Waals surface area contributed by atoms with Crippen LogP contribution in [0.5, 0.6) is 5.75 Å². The van der Waals surface area contributed by atoms with Gasteiger partial charge in [-0.3, -0.25) is 19.9 Å². The molecule has 1 N–H and O–H groups in total. The lowest BCUT2D eigenvalue weighted by Gasteiger charge is -2.14. The summed E-state index contributed by atoms with van der Waals surface area (Å²) >= 11 is 6.74. The van der Waals surface area contributed by atoms with Crippen LogP contribution < -0.4 is 14.9 Å². The van der Waals surface area contributed by atoms with Gasteiger partial charge in [0, 0.05) is 24.0 Å². The predicted molar refractivity (Wildman–Crippen MR) is 106 cm³/mol. The number of benzene rings is 1. The first kappa shape index (κ1) is 20.0. The molecule has 1 amide bonds. The molecule has 10 heteroatoms. The van der Waals surface area contributed by atoms with Crippen LogP contribution in [0.3, 0.4) is 0 Å². The third-order valence-electron chi connectivity index (χ3n) is 3.96. The SMILES string of the molecule is CCn1nc(NC(=O)c2cnc(C)cc2-c2c(OC)ccc(Cl)c2F)sc1=O. The molecule has 146 valence electrons. The average molecular weight is 423 g/mol. The second kappa shape index (κ2) is 8.07. The summed E-state index contributed by atoms with van der Waals surface area (Å²) in [5.41, 5.74) is 0.991. The maximum Gasteiger partial charge on any atom is 0.326 e. The van der Waals surface area contributed by atoms with E-state index in [1.54, 1.807) is 19.9 Å². The number of aromatic nitrogens is 3. The summed E-state index contributed by atoms with van der Waals surface area (Å²) in [6, 6.07) is 4.47. The molecular weight excluding hydrogens is 407 g/mol. The first-order valence-corrected chi connectivity index (χ1v) is 9.43. The number of hydrogen-bond donors (Lipinski definition) is 1. The number of aryl methyl sites for hydroxylation is 2. The van der Waals surface area contributed by atoms with Crippen molar-refractivity contribution in [3.05, 3.63) is 56.2 Å². The fraction of sp³-hybridized carbons (Fsp3) is 0.222. The summed E-state index contributed by atoms with van der Waals surface area (Å²) < 4.78 is 21.3. The first-order valence-electron chi connectivity index (χ1n) is 8.24. The lowest BCUT2D eigenvalue weighted by atomic mass is 9.98. The van der Waals surface area contributed by atoms with Gasteiger partial charge in [0.15, 0.2) is 5.82 Å². The van der Waals surface area contributed by atoms with E-state index in [0.29, 0.717) is 12.2 Å². The monoisotopic (exact) mass is 422 g/mol. The molecule has 0 saturated carbocycles. The normalized spacial score (nSPS) is 10.8. The predicted octanol–water partition coefficient (Wildman–Crippen LogP) is 3.75. The van der Waals surface area contributed by atoms with Crippen molar-refractivity contribution >= 4 is 34.0 Å². The number of rotatable bonds is 5. The molecule has 0 bridgehead atoms. The summed E-state index contributed by atoms with van der Waals surface area (Å²) in [5, 5.41) is 6.64. The Kier molecular flexibility index (Phi) is 5.76. The Balaban J connectivity index is 2.10. The quantitative estimate of drug-likeness (QED) is 0.676. The van der Waals surface area contributed by atoms with Gasteiger partial charge in [0.05, 0.1) is 23.3 Å². The molecule has 0 atom stereocenters. The number of carbonyl (C=O) groups excluding carboxylic acids is 1. The Morgan fingerprint density at radius 2 is 2.18 bits per heavy atom. The van der Waals surface area contributed by atoms with Gasteiger partial charge < -0.3 is 4.74 Å². The lowest BCUT2D eigenvalue weighted by molar-refractivity contribution is 0.102. The number of pyridine rings is 1. The molecule has 0 radical (unpaired) electrons. The number of carbonyl (C=O) groups is 1. The Bertz CT molecular complexity index is 1110. The second-order valence-corrected chi connectivity index (χ2v) is 7.10. The number of halogens is 2. The number of nitrogens with zero attached hydrogens (tertiary/aromatic N) is 3. The van der Waals surface area contributed by atoms with E-state index >= 15 is 0 Å². The minimum atomic E-state index is -0.708. The molecule has 0 unspecified atom stereocenters. The van der Waals surface area contributed by atoms with Crippen LogP contribution in [0.25, 0.3) is 11.1 Å². The Morgan fingerprint density at radius 3 is 2.82 bits per heavy atom. The zero-order valence-corrected chi connectivity index (χ0v) is 16.8. The molecule has 7 nitrogen and oxygen atoms in total. The number of anilines is 1. The molecule has 3 rings (SSSR count). The topological polar surface area (TPSA) is 86.1 Å². The molecule has 0 spiro atoms. The smallest absolute Gasteiger partial charge is 0.326 e. The zero-order valence-electron chi connectivity index (χ0n) is 15.2. The standard InChI is InChI=1S/C18H16ClFN4O3S/c1-4-24-18(26)28-17(23-24)22-16(25)11-8-21-9(2)7-10(11)14-13(27-3)6-5-12(19)15(14)20/h5-8H,4H2,1-3H3,(H,22,23,25). The van der Waals surface area contributed by atoms with Crippen molar-refractivity contribution in [2.45, 2.75) is 20.4 Å². The van der Waals surface area contributed by atoms with Crippen LogP contribution in [0.4, 0.5) is 9.52 Å². The third kappa shape index (κ3) is 3.76. The fourth-order valence-corrected chi connectivity index (χ4v) is 3.50. The number of nitrogens with one attached hydrogen (secondary N) is 1. The van der Waals surface area contributed by atoms with Gasteiger partial charge >= 0.3 is 4.87 Å². The lowest BCUT2D eigenvalue weighted by Crippen LogP contribution is -2.15. The summed E-state index contributed by atoms with van der Waals surface area (Å²) in [7, 11) is 1.40. The fourth-order valence-electron chi connectivity index (χ4n) is 2.62. The van der Waals surface area contributed by atoms with Crippen LogP contribution in [-0.4, -0.2) is 27.8 Å². The van der Waals surface area contributed by atoms with E-state index in [1.165, 1.54) is 30.1 Å². The molecule has 3 aromatic rings. The van der Waals surface area contributed by atoms with Crippen LogP contribution in [0.2, 0.25) is 5.02 Å². The highest BCUT2D eigenvalue weighted by Gasteiger charge is 2.22. The number of amides is 1. The molecule has 0 aliphatic heterocycles. The van der Waals surface area contributed by atoms with Crippen molar-refractivity contribution in [3.8, 4) is 16.9 Å². The molecular formula is C18H16ClFN4O3S. The second-order valence-electron chi connectivity index (χ2n) is 5.75. The third-order valence-corrected chi connectivity index (χ3v) is 5.01. The van der Waals surface area contributed by atoms with Crippen molar-refractivity contribution in [1.29, 1.82) is 0 Å². The van der Waals surface area contributed by atoms with Gasteiger partial charge in [-0.1, -0.05) is 11.6 Å². The number of ether oxygens (including phenoxy) is 1. The maximum atomic E-state index is 14.8. The highest BCUT2D eigenvalue weighted by atomic mass is 35.5. The Labute approximate surface area is 168 Å². The van der Waals surface area contributed by atoms with Crippen LogP contribution in [0.15, 0.2) is 29.2 Å². The number of methoxy groups -OCH3 is 1. The van der Waals surface area contributed by atoms with Crippen molar-refractivity contribution < 1.29 is 13.9 Å². The summed E-state index contributed by atoms with van der Waals surface area (Å²) in [5.74, 6) is -1.07. The molecule has 2 aromatic heterocycles. The van der Waals surface area contributed by atoms with Gasteiger partial charge in [-0.2, -0.15) is 0 Å². The highest BCUT2D eigenvalue weighted by molar-refractivity contribution is 7.13. The molecule has 0 saturated heterocycles. The minimum absolute atomic E-state index is 0.0536. The Hall–Kier alpha value is -2.78. The van der Waals surface area contributed by atoms with Crippen molar-refractivity contribution in [1.82, 2.24) is 14.8 Å². The molecule has 28 heavy (non-hydrogen) atoms. The van der Waals surface area contributed by atoms with Crippen molar-refractivity contribution in [2.75, 3.05) is 12.4 Å².